The van der Waals surface area contributed by atoms with E-state index in [-0.39, 0.29) is 29.7 Å². The number of imide groups is 1. The van der Waals surface area contributed by atoms with Crippen LogP contribution in [0.4, 0.5) is 5.13 Å². The Morgan fingerprint density at radius 3 is 2.57 bits per heavy atom. The summed E-state index contributed by atoms with van der Waals surface area (Å²) in [6.45, 7) is 5.66. The fourth-order valence-corrected chi connectivity index (χ4v) is 6.08. The zero-order valence-corrected chi connectivity index (χ0v) is 17.6. The third kappa shape index (κ3) is 2.96. The van der Waals surface area contributed by atoms with Crippen LogP contribution >= 0.6 is 11.3 Å². The van der Waals surface area contributed by atoms with Gasteiger partial charge in [-0.25, -0.2) is 0 Å². The molecule has 2 unspecified atom stereocenters. The maximum atomic E-state index is 13.0. The van der Waals surface area contributed by atoms with Crippen molar-refractivity contribution in [2.24, 2.45) is 16.7 Å². The number of nitrogens with zero attached hydrogens (tertiary/aromatic N) is 3. The van der Waals surface area contributed by atoms with Gasteiger partial charge >= 0.3 is 0 Å². The lowest BCUT2D eigenvalue weighted by Crippen LogP contribution is -2.60. The number of rotatable bonds is 4. The molecule has 28 heavy (non-hydrogen) atoms. The van der Waals surface area contributed by atoms with Crippen molar-refractivity contribution in [3.8, 4) is 0 Å². The van der Waals surface area contributed by atoms with Crippen molar-refractivity contribution in [1.82, 2.24) is 15.1 Å². The molecule has 3 amide bonds. The Morgan fingerprint density at radius 1 is 1.14 bits per heavy atom. The molecule has 1 aromatic rings. The van der Waals surface area contributed by atoms with Gasteiger partial charge in [-0.1, -0.05) is 51.4 Å². The highest BCUT2D eigenvalue weighted by Crippen LogP contribution is 2.59. The third-order valence-corrected chi connectivity index (χ3v) is 8.45. The largest absolute Gasteiger partial charge is 0.299 e. The van der Waals surface area contributed by atoms with Gasteiger partial charge in [0.05, 0.1) is 5.41 Å². The van der Waals surface area contributed by atoms with Crippen LogP contribution in [0.5, 0.6) is 0 Å². The van der Waals surface area contributed by atoms with Gasteiger partial charge in [0.25, 0.3) is 0 Å². The molecule has 2 atom stereocenters. The predicted molar refractivity (Wildman–Crippen MR) is 106 cm³/mol. The number of hydrogen-bond donors (Lipinski definition) is 1. The van der Waals surface area contributed by atoms with Gasteiger partial charge in [-0.15, -0.1) is 10.2 Å². The Morgan fingerprint density at radius 2 is 1.86 bits per heavy atom. The second-order valence-corrected chi connectivity index (χ2v) is 10.2. The first kappa shape index (κ1) is 19.5. The van der Waals surface area contributed by atoms with Gasteiger partial charge in [-0.05, 0) is 31.1 Å². The van der Waals surface area contributed by atoms with Crippen LogP contribution in [0.1, 0.15) is 76.6 Å². The zero-order chi connectivity index (χ0) is 20.1. The Bertz CT molecular complexity index is 814. The number of hydrogen-bond acceptors (Lipinski definition) is 6. The minimum atomic E-state index is -0.594. The summed E-state index contributed by atoms with van der Waals surface area (Å²) in [6, 6.07) is 0. The molecule has 7 nitrogen and oxygen atoms in total. The highest BCUT2D eigenvalue weighted by Gasteiger charge is 2.64. The molecule has 152 valence electrons. The molecular formula is C20H28N4O3S. The number of carbonyl (C=O) groups excluding carboxylic acids is 3. The highest BCUT2D eigenvalue weighted by molar-refractivity contribution is 7.15. The summed E-state index contributed by atoms with van der Waals surface area (Å²) in [5.41, 5.74) is -0.967. The molecule has 0 spiro atoms. The van der Waals surface area contributed by atoms with E-state index < -0.39 is 11.3 Å². The maximum Gasteiger partial charge on any atom is 0.246 e. The van der Waals surface area contributed by atoms with Crippen LogP contribution in [0.15, 0.2) is 0 Å². The van der Waals surface area contributed by atoms with E-state index in [0.717, 1.165) is 22.7 Å². The smallest absolute Gasteiger partial charge is 0.246 e. The van der Waals surface area contributed by atoms with Gasteiger partial charge in [0.15, 0.2) is 0 Å². The summed E-state index contributed by atoms with van der Waals surface area (Å²) in [4.78, 5) is 39.6. The first-order chi connectivity index (χ1) is 13.2. The first-order valence-electron chi connectivity index (χ1n) is 10.2. The minimum Gasteiger partial charge on any atom is -0.299 e. The third-order valence-electron chi connectivity index (χ3n) is 7.45. The van der Waals surface area contributed by atoms with Crippen molar-refractivity contribution in [1.29, 1.82) is 0 Å². The topological polar surface area (TPSA) is 92.3 Å². The van der Waals surface area contributed by atoms with E-state index in [1.165, 1.54) is 30.6 Å². The predicted octanol–water partition coefficient (Wildman–Crippen LogP) is 3.34. The normalized spacial score (nSPS) is 30.0. The van der Waals surface area contributed by atoms with Gasteiger partial charge in [-0.2, -0.15) is 0 Å². The molecule has 3 fully saturated rings. The number of fused-ring (bicyclic) bond motifs is 2. The summed E-state index contributed by atoms with van der Waals surface area (Å²) in [6.07, 6.45) is 7.32. The molecule has 1 aliphatic heterocycles. The number of anilines is 1. The van der Waals surface area contributed by atoms with Crippen molar-refractivity contribution < 1.29 is 14.4 Å². The molecule has 4 rings (SSSR count). The van der Waals surface area contributed by atoms with Crippen LogP contribution in [0, 0.1) is 16.7 Å². The van der Waals surface area contributed by atoms with E-state index in [9.17, 15) is 14.4 Å². The zero-order valence-electron chi connectivity index (χ0n) is 16.8. The van der Waals surface area contributed by atoms with Crippen molar-refractivity contribution in [3.05, 3.63) is 5.01 Å². The molecular weight excluding hydrogens is 376 g/mol. The average molecular weight is 405 g/mol. The van der Waals surface area contributed by atoms with Crippen LogP contribution in [0.3, 0.4) is 0 Å². The number of amides is 3. The molecule has 1 aromatic heterocycles. The molecule has 2 aliphatic carbocycles. The van der Waals surface area contributed by atoms with Crippen molar-refractivity contribution in [3.63, 3.8) is 0 Å². The second kappa shape index (κ2) is 6.90. The standard InChI is InChI=1S/C20H28N4O3S/c1-19(2)13-9-10-20(19,3)17(27)24(16(13)26)11-14(25)21-18-23-22-15(28-18)12-7-5-4-6-8-12/h12-13H,4-11H2,1-3H3,(H,21,23,25). The van der Waals surface area contributed by atoms with E-state index >= 15 is 0 Å². The minimum absolute atomic E-state index is 0.206. The Balaban J connectivity index is 1.42. The SMILES string of the molecule is CC12CCC(C(=O)N(CC(=O)Nc3nnc(C4CCCCC4)s3)C1=O)C2(C)C. The number of aromatic nitrogens is 2. The lowest BCUT2D eigenvalue weighted by atomic mass is 9.62. The monoisotopic (exact) mass is 404 g/mol. The summed E-state index contributed by atoms with van der Waals surface area (Å²) in [5.74, 6) is -0.620. The molecule has 0 aromatic carbocycles. The number of carbonyl (C=O) groups is 3. The maximum absolute atomic E-state index is 13.0. The van der Waals surface area contributed by atoms with Crippen molar-refractivity contribution in [2.75, 3.05) is 11.9 Å². The van der Waals surface area contributed by atoms with E-state index in [2.05, 4.69) is 15.5 Å². The number of nitrogens with one attached hydrogen (secondary N) is 1. The molecule has 2 heterocycles. The lowest BCUT2D eigenvalue weighted by Gasteiger charge is -2.47. The number of piperidine rings is 1. The van der Waals surface area contributed by atoms with Gasteiger partial charge in [0.1, 0.15) is 11.6 Å². The molecule has 8 heteroatoms. The van der Waals surface area contributed by atoms with Crippen molar-refractivity contribution >= 4 is 34.2 Å². The van der Waals surface area contributed by atoms with Crippen LogP contribution in [0.25, 0.3) is 0 Å². The van der Waals surface area contributed by atoms with E-state index in [1.54, 1.807) is 0 Å². The summed E-state index contributed by atoms with van der Waals surface area (Å²) < 4.78 is 0. The summed E-state index contributed by atoms with van der Waals surface area (Å²) in [5, 5.41) is 12.5. The Labute approximate surface area is 169 Å². The van der Waals surface area contributed by atoms with Crippen LogP contribution in [-0.2, 0) is 14.4 Å². The first-order valence-corrected chi connectivity index (χ1v) is 11.0. The van der Waals surface area contributed by atoms with Gasteiger partial charge in [-0.3, -0.25) is 24.6 Å². The van der Waals surface area contributed by atoms with Crippen LogP contribution < -0.4 is 5.32 Å². The fraction of sp³-hybridized carbons (Fsp3) is 0.750. The summed E-state index contributed by atoms with van der Waals surface area (Å²) >= 11 is 1.40. The van der Waals surface area contributed by atoms with Crippen molar-refractivity contribution in [2.45, 2.75) is 71.6 Å². The van der Waals surface area contributed by atoms with Gasteiger partial charge in [0.2, 0.25) is 22.9 Å². The molecule has 1 N–H and O–H groups in total. The lowest BCUT2D eigenvalue weighted by molar-refractivity contribution is -0.168. The van der Waals surface area contributed by atoms with Gasteiger partial charge < -0.3 is 0 Å². The van der Waals surface area contributed by atoms with E-state index in [1.807, 2.05) is 20.8 Å². The van der Waals surface area contributed by atoms with E-state index in [0.29, 0.717) is 23.9 Å². The quantitative estimate of drug-likeness (QED) is 0.777. The van der Waals surface area contributed by atoms with Gasteiger partial charge in [0, 0.05) is 11.8 Å². The molecule has 1 saturated heterocycles. The average Bonchev–Trinajstić information content (AvgIpc) is 3.19. The molecule has 0 radical (unpaired) electrons. The fourth-order valence-electron chi connectivity index (χ4n) is 5.15. The Hall–Kier alpha value is -1.83. The number of likely N-dealkylation sites (tertiary alicyclic amines) is 1. The van der Waals surface area contributed by atoms with Crippen LogP contribution in [-0.4, -0.2) is 39.4 Å². The van der Waals surface area contributed by atoms with E-state index in [4.69, 9.17) is 0 Å². The summed E-state index contributed by atoms with van der Waals surface area (Å²) in [7, 11) is 0. The highest BCUT2D eigenvalue weighted by atomic mass is 32.1. The Kier molecular flexibility index (Phi) is 4.80. The van der Waals surface area contributed by atoms with Crippen LogP contribution in [0.2, 0.25) is 0 Å². The molecule has 2 bridgehead atoms. The molecule has 3 aliphatic rings. The molecule has 2 saturated carbocycles. The second-order valence-electron chi connectivity index (χ2n) is 9.20.